The third kappa shape index (κ3) is 8.63. The Morgan fingerprint density at radius 1 is 1.22 bits per heavy atom. The molecule has 0 saturated heterocycles. The van der Waals surface area contributed by atoms with Crippen molar-refractivity contribution < 1.29 is 41.0 Å². The predicted octanol–water partition coefficient (Wildman–Crippen LogP) is 5.44. The topological polar surface area (TPSA) is 83.5 Å². The van der Waals surface area contributed by atoms with Gasteiger partial charge in [-0.2, -0.15) is 13.2 Å². The Balaban J connectivity index is 1.67. The Morgan fingerprint density at radius 2 is 1.92 bits per heavy atom. The fourth-order valence-electron chi connectivity index (χ4n) is 3.71. The normalized spacial score (nSPS) is 16.9. The minimum atomic E-state index is -4.92. The first-order valence-corrected chi connectivity index (χ1v) is 12.2. The van der Waals surface area contributed by atoms with Gasteiger partial charge in [0.2, 0.25) is 0 Å². The van der Waals surface area contributed by atoms with E-state index in [0.29, 0.717) is 29.7 Å². The molecule has 13 heteroatoms. The number of alkyl halides is 6. The molecule has 0 bridgehead atoms. The summed E-state index contributed by atoms with van der Waals surface area (Å²) in [5.74, 6) is -0.598. The van der Waals surface area contributed by atoms with Crippen LogP contribution >= 0.6 is 11.3 Å². The van der Waals surface area contributed by atoms with Crippen LogP contribution in [0.1, 0.15) is 65.1 Å². The lowest BCUT2D eigenvalue weighted by Crippen LogP contribution is -2.34. The third-order valence-electron chi connectivity index (χ3n) is 5.59. The summed E-state index contributed by atoms with van der Waals surface area (Å²) in [4.78, 5) is 15.6. The van der Waals surface area contributed by atoms with Crippen LogP contribution in [0, 0.1) is 11.8 Å². The SMILES string of the molecule is CC(CNC(O)Cc1nc(C(F)(F)F)c(C(=O)NC(C)c2cccc(OC(F)(F)F)c2)s1)CC1CC1. The molecule has 1 amide bonds. The van der Waals surface area contributed by atoms with E-state index in [1.54, 1.807) is 0 Å². The maximum Gasteiger partial charge on any atom is 0.573 e. The van der Waals surface area contributed by atoms with Gasteiger partial charge in [0.25, 0.3) is 5.91 Å². The van der Waals surface area contributed by atoms with Gasteiger partial charge in [-0.3, -0.25) is 10.1 Å². The first kappa shape index (κ1) is 28.2. The molecule has 3 unspecified atom stereocenters. The maximum atomic E-state index is 13.6. The highest BCUT2D eigenvalue weighted by molar-refractivity contribution is 7.13. The first-order valence-electron chi connectivity index (χ1n) is 11.4. The number of thiazole rings is 1. The number of aliphatic hydroxyl groups excluding tert-OH is 1. The van der Waals surface area contributed by atoms with E-state index in [-0.39, 0.29) is 17.0 Å². The van der Waals surface area contributed by atoms with Crippen LogP contribution < -0.4 is 15.4 Å². The van der Waals surface area contributed by atoms with Crippen LogP contribution in [0.15, 0.2) is 24.3 Å². The molecule has 3 atom stereocenters. The fourth-order valence-corrected chi connectivity index (χ4v) is 4.73. The van der Waals surface area contributed by atoms with E-state index < -0.39 is 47.0 Å². The van der Waals surface area contributed by atoms with E-state index in [2.05, 4.69) is 20.4 Å². The van der Waals surface area contributed by atoms with Crippen molar-refractivity contribution in [2.24, 2.45) is 11.8 Å². The number of carbonyl (C=O) groups excluding carboxylic acids is 1. The molecule has 36 heavy (non-hydrogen) atoms. The molecule has 2 aromatic rings. The summed E-state index contributed by atoms with van der Waals surface area (Å²) in [6.45, 7) is 3.94. The molecule has 3 N–H and O–H groups in total. The highest BCUT2D eigenvalue weighted by atomic mass is 32.1. The van der Waals surface area contributed by atoms with Crippen molar-refractivity contribution in [3.63, 3.8) is 0 Å². The van der Waals surface area contributed by atoms with Crippen LogP contribution in [0.2, 0.25) is 0 Å². The number of nitrogens with one attached hydrogen (secondary N) is 2. The molecule has 1 heterocycles. The van der Waals surface area contributed by atoms with Gasteiger partial charge >= 0.3 is 12.5 Å². The summed E-state index contributed by atoms with van der Waals surface area (Å²) in [7, 11) is 0. The Hall–Kier alpha value is -2.38. The lowest BCUT2D eigenvalue weighted by Gasteiger charge is -2.16. The Morgan fingerprint density at radius 3 is 2.53 bits per heavy atom. The zero-order chi connectivity index (χ0) is 26.7. The van der Waals surface area contributed by atoms with Crippen LogP contribution in [0.3, 0.4) is 0 Å². The number of carbonyl (C=O) groups is 1. The molecule has 1 aromatic heterocycles. The Bertz CT molecular complexity index is 1040. The molecule has 0 aliphatic heterocycles. The minimum Gasteiger partial charge on any atom is -0.406 e. The van der Waals surface area contributed by atoms with E-state index in [0.717, 1.165) is 18.6 Å². The average molecular weight is 540 g/mol. The van der Waals surface area contributed by atoms with Gasteiger partial charge in [0.1, 0.15) is 16.9 Å². The molecule has 6 nitrogen and oxygen atoms in total. The van der Waals surface area contributed by atoms with Gasteiger partial charge in [-0.25, -0.2) is 4.98 Å². The zero-order valence-corrected chi connectivity index (χ0v) is 20.4. The standard InChI is InChI=1S/C23H27F6N3O3S/c1-12(8-14-6-7-14)11-30-17(33)10-18-32-20(22(24,25)26)19(36-18)21(34)31-13(2)15-4-3-5-16(9-15)35-23(27,28)29/h3-5,9,12-14,17,30,33H,6-8,10-11H2,1-2H3,(H,31,34). The fraction of sp³-hybridized carbons (Fsp3) is 0.565. The Kier molecular flexibility index (Phi) is 8.88. The molecular formula is C23H27F6N3O3S. The largest absolute Gasteiger partial charge is 0.573 e. The van der Waals surface area contributed by atoms with Crippen LogP contribution in [0.25, 0.3) is 0 Å². The van der Waals surface area contributed by atoms with Crippen molar-refractivity contribution >= 4 is 17.2 Å². The zero-order valence-electron chi connectivity index (χ0n) is 19.5. The number of nitrogens with zero attached hydrogens (tertiary/aromatic N) is 1. The number of hydrogen-bond acceptors (Lipinski definition) is 6. The van der Waals surface area contributed by atoms with Gasteiger partial charge in [-0.1, -0.05) is 31.9 Å². The lowest BCUT2D eigenvalue weighted by molar-refractivity contribution is -0.274. The van der Waals surface area contributed by atoms with Crippen molar-refractivity contribution in [3.8, 4) is 5.75 Å². The summed E-state index contributed by atoms with van der Waals surface area (Å²) in [5, 5.41) is 15.4. The number of amides is 1. The smallest absolute Gasteiger partial charge is 0.406 e. The summed E-state index contributed by atoms with van der Waals surface area (Å²) >= 11 is 0.509. The Labute approximate surface area is 208 Å². The predicted molar refractivity (Wildman–Crippen MR) is 120 cm³/mol. The van der Waals surface area contributed by atoms with Crippen LogP contribution in [0.5, 0.6) is 5.75 Å². The monoisotopic (exact) mass is 539 g/mol. The van der Waals surface area contributed by atoms with Gasteiger partial charge in [-0.15, -0.1) is 24.5 Å². The van der Waals surface area contributed by atoms with Crippen molar-refractivity contribution in [2.75, 3.05) is 6.54 Å². The molecule has 1 aromatic carbocycles. The molecule has 0 spiro atoms. The number of benzene rings is 1. The minimum absolute atomic E-state index is 0.0736. The summed E-state index contributed by atoms with van der Waals surface area (Å²) in [6, 6.07) is 3.84. The van der Waals surface area contributed by atoms with Crippen LogP contribution in [0.4, 0.5) is 26.3 Å². The molecule has 200 valence electrons. The quantitative estimate of drug-likeness (QED) is 0.262. The van der Waals surface area contributed by atoms with Gasteiger partial charge in [-0.05, 0) is 42.9 Å². The second-order valence-electron chi connectivity index (χ2n) is 9.01. The molecule has 1 aliphatic carbocycles. The number of halogens is 6. The number of ether oxygens (including phenoxy) is 1. The van der Waals surface area contributed by atoms with Gasteiger partial charge in [0.15, 0.2) is 5.69 Å². The molecule has 1 fully saturated rings. The highest BCUT2D eigenvalue weighted by Gasteiger charge is 2.40. The first-order chi connectivity index (χ1) is 16.7. The van der Waals surface area contributed by atoms with Gasteiger partial charge in [0.05, 0.1) is 11.0 Å². The summed E-state index contributed by atoms with van der Waals surface area (Å²) in [6.07, 6.45) is -7.77. The number of rotatable bonds is 11. The average Bonchev–Trinajstić information content (AvgIpc) is 3.45. The molecule has 1 saturated carbocycles. The van der Waals surface area contributed by atoms with E-state index in [1.165, 1.54) is 31.9 Å². The third-order valence-corrected chi connectivity index (χ3v) is 6.66. The van der Waals surface area contributed by atoms with E-state index in [9.17, 15) is 36.2 Å². The summed E-state index contributed by atoms with van der Waals surface area (Å²) in [5.41, 5.74) is -1.18. The van der Waals surface area contributed by atoms with Gasteiger partial charge < -0.3 is 15.2 Å². The maximum absolute atomic E-state index is 13.6. The highest BCUT2D eigenvalue weighted by Crippen LogP contribution is 2.36. The second-order valence-corrected chi connectivity index (χ2v) is 10.1. The van der Waals surface area contributed by atoms with Crippen molar-refractivity contribution in [1.29, 1.82) is 0 Å². The second kappa shape index (κ2) is 11.3. The molecule has 3 rings (SSSR count). The number of hydrogen-bond donors (Lipinski definition) is 3. The van der Waals surface area contributed by atoms with E-state index in [1.807, 2.05) is 6.92 Å². The molecule has 1 aliphatic rings. The molecule has 0 radical (unpaired) electrons. The van der Waals surface area contributed by atoms with Crippen molar-refractivity contribution in [2.45, 2.75) is 64.3 Å². The summed E-state index contributed by atoms with van der Waals surface area (Å²) < 4.78 is 82.0. The van der Waals surface area contributed by atoms with Crippen LogP contribution in [-0.2, 0) is 12.6 Å². The van der Waals surface area contributed by atoms with E-state index >= 15 is 0 Å². The number of aliphatic hydroxyl groups is 1. The number of aromatic nitrogens is 1. The lowest BCUT2D eigenvalue weighted by atomic mass is 10.0. The van der Waals surface area contributed by atoms with Gasteiger partial charge in [0, 0.05) is 13.0 Å². The van der Waals surface area contributed by atoms with Crippen molar-refractivity contribution in [1.82, 2.24) is 15.6 Å². The van der Waals surface area contributed by atoms with Crippen LogP contribution in [-0.4, -0.2) is 35.1 Å². The van der Waals surface area contributed by atoms with Crippen molar-refractivity contribution in [3.05, 3.63) is 45.4 Å². The van der Waals surface area contributed by atoms with E-state index in [4.69, 9.17) is 0 Å². The molecular weight excluding hydrogens is 512 g/mol.